The number of ether oxygens (including phenoxy) is 3. The molecule has 2 aromatic rings. The molecule has 0 atom stereocenters. The molecule has 0 spiro atoms. The number of anilines is 1. The van der Waals surface area contributed by atoms with Gasteiger partial charge >= 0.3 is 6.18 Å². The van der Waals surface area contributed by atoms with Gasteiger partial charge in [0.25, 0.3) is 0 Å². The molecular formula is C18H19ClF3IN4O3. The zero-order chi connectivity index (χ0) is 20.9. The maximum absolute atomic E-state index is 12.6. The number of hydrogen-bond donors (Lipinski definition) is 2. The molecule has 0 amide bonds. The minimum Gasteiger partial charge on any atom is -0.490 e. The van der Waals surface area contributed by atoms with E-state index in [0.717, 1.165) is 12.5 Å². The number of nitrogens with one attached hydrogen (secondary N) is 1. The number of guanidine groups is 1. The van der Waals surface area contributed by atoms with Crippen LogP contribution in [-0.2, 0) is 6.18 Å². The molecule has 0 saturated carbocycles. The SMILES string of the molecule is I.NC(=NCCOc1ncc(C(F)(F)F)cc1Cl)Nc1ccc2c(c1)OCCCO2. The van der Waals surface area contributed by atoms with Crippen LogP contribution in [0.1, 0.15) is 12.0 Å². The van der Waals surface area contributed by atoms with Crippen LogP contribution in [0.5, 0.6) is 17.4 Å². The average molecular weight is 559 g/mol. The first-order chi connectivity index (χ1) is 13.8. The molecule has 164 valence electrons. The van der Waals surface area contributed by atoms with Gasteiger partial charge in [-0.3, -0.25) is 0 Å². The summed E-state index contributed by atoms with van der Waals surface area (Å²) >= 11 is 5.77. The molecular weight excluding hydrogens is 540 g/mol. The van der Waals surface area contributed by atoms with Crippen molar-refractivity contribution in [2.75, 3.05) is 31.7 Å². The molecule has 0 saturated heterocycles. The highest BCUT2D eigenvalue weighted by atomic mass is 127. The van der Waals surface area contributed by atoms with Crippen LogP contribution in [0.15, 0.2) is 35.5 Å². The van der Waals surface area contributed by atoms with Gasteiger partial charge in [0.1, 0.15) is 11.6 Å². The van der Waals surface area contributed by atoms with Gasteiger partial charge in [-0.1, -0.05) is 11.6 Å². The summed E-state index contributed by atoms with van der Waals surface area (Å²) in [5, 5.41) is 2.68. The first kappa shape index (κ1) is 24.1. The van der Waals surface area contributed by atoms with Gasteiger partial charge in [-0.05, 0) is 18.2 Å². The maximum Gasteiger partial charge on any atom is 0.417 e. The number of benzene rings is 1. The first-order valence-corrected chi connectivity index (χ1v) is 9.03. The third-order valence-corrected chi connectivity index (χ3v) is 4.04. The summed E-state index contributed by atoms with van der Waals surface area (Å²) in [7, 11) is 0. The lowest BCUT2D eigenvalue weighted by atomic mass is 10.3. The molecule has 0 unspecified atom stereocenters. The summed E-state index contributed by atoms with van der Waals surface area (Å²) in [5.74, 6) is 1.31. The topological polar surface area (TPSA) is 91.0 Å². The fraction of sp³-hybridized carbons (Fsp3) is 0.333. The van der Waals surface area contributed by atoms with Crippen LogP contribution in [0.3, 0.4) is 0 Å². The van der Waals surface area contributed by atoms with Gasteiger partial charge in [0, 0.05) is 24.4 Å². The molecule has 3 rings (SSSR count). The van der Waals surface area contributed by atoms with Crippen LogP contribution in [0.2, 0.25) is 5.02 Å². The van der Waals surface area contributed by atoms with Crippen molar-refractivity contribution in [1.82, 2.24) is 4.98 Å². The molecule has 2 heterocycles. The largest absolute Gasteiger partial charge is 0.490 e. The van der Waals surface area contributed by atoms with Crippen LogP contribution >= 0.6 is 35.6 Å². The maximum atomic E-state index is 12.6. The number of nitrogens with zero attached hydrogens (tertiary/aromatic N) is 2. The monoisotopic (exact) mass is 558 g/mol. The summed E-state index contributed by atoms with van der Waals surface area (Å²) in [4.78, 5) is 7.67. The Bertz CT molecular complexity index is 899. The second-order valence-corrected chi connectivity index (χ2v) is 6.37. The summed E-state index contributed by atoms with van der Waals surface area (Å²) in [6, 6.07) is 6.06. The highest BCUT2D eigenvalue weighted by Crippen LogP contribution is 2.33. The van der Waals surface area contributed by atoms with Crippen LogP contribution in [0.4, 0.5) is 18.9 Å². The zero-order valence-corrected chi connectivity index (χ0v) is 18.6. The molecule has 1 aromatic carbocycles. The van der Waals surface area contributed by atoms with E-state index in [1.807, 2.05) is 0 Å². The molecule has 3 N–H and O–H groups in total. The minimum atomic E-state index is -4.52. The minimum absolute atomic E-state index is 0. The highest BCUT2D eigenvalue weighted by Gasteiger charge is 2.31. The van der Waals surface area contributed by atoms with E-state index in [1.54, 1.807) is 18.2 Å². The number of nitrogens with two attached hydrogens (primary N) is 1. The van der Waals surface area contributed by atoms with E-state index >= 15 is 0 Å². The number of pyridine rings is 1. The van der Waals surface area contributed by atoms with Crippen molar-refractivity contribution >= 4 is 47.2 Å². The molecule has 1 aromatic heterocycles. The van der Waals surface area contributed by atoms with E-state index in [0.29, 0.717) is 36.6 Å². The number of aliphatic imine (C=N–C) groups is 1. The Morgan fingerprint density at radius 2 is 1.97 bits per heavy atom. The van der Waals surface area contributed by atoms with Crippen LogP contribution in [0, 0.1) is 0 Å². The van der Waals surface area contributed by atoms with Crippen molar-refractivity contribution in [3.8, 4) is 17.4 Å². The Morgan fingerprint density at radius 3 is 2.67 bits per heavy atom. The molecule has 0 radical (unpaired) electrons. The third kappa shape index (κ3) is 6.69. The number of rotatable bonds is 5. The number of alkyl halides is 3. The predicted octanol–water partition coefficient (Wildman–Crippen LogP) is 4.34. The average Bonchev–Trinajstić information content (AvgIpc) is 2.90. The fourth-order valence-electron chi connectivity index (χ4n) is 2.42. The molecule has 1 aliphatic rings. The lowest BCUT2D eigenvalue weighted by Crippen LogP contribution is -2.23. The molecule has 0 bridgehead atoms. The fourth-order valence-corrected chi connectivity index (χ4v) is 2.64. The Kier molecular flexibility index (Phi) is 8.65. The summed E-state index contributed by atoms with van der Waals surface area (Å²) in [6.07, 6.45) is -3.06. The number of fused-ring (bicyclic) bond motifs is 1. The summed E-state index contributed by atoms with van der Waals surface area (Å²) in [6.45, 7) is 1.34. The van der Waals surface area contributed by atoms with Crippen LogP contribution in [0.25, 0.3) is 0 Å². The van der Waals surface area contributed by atoms with E-state index < -0.39 is 11.7 Å². The quantitative estimate of drug-likeness (QED) is 0.246. The van der Waals surface area contributed by atoms with E-state index in [4.69, 9.17) is 31.5 Å². The smallest absolute Gasteiger partial charge is 0.417 e. The molecule has 1 aliphatic heterocycles. The van der Waals surface area contributed by atoms with Crippen molar-refractivity contribution in [1.29, 1.82) is 0 Å². The second-order valence-electron chi connectivity index (χ2n) is 5.96. The lowest BCUT2D eigenvalue weighted by Gasteiger charge is -2.11. The number of halogens is 5. The Balaban J connectivity index is 0.00000320. The van der Waals surface area contributed by atoms with Crippen molar-refractivity contribution < 1.29 is 27.4 Å². The van der Waals surface area contributed by atoms with Crippen molar-refractivity contribution in [3.63, 3.8) is 0 Å². The lowest BCUT2D eigenvalue weighted by molar-refractivity contribution is -0.137. The van der Waals surface area contributed by atoms with Gasteiger partial charge in [0.2, 0.25) is 5.88 Å². The Labute approximate surface area is 192 Å². The van der Waals surface area contributed by atoms with E-state index in [-0.39, 0.29) is 54.0 Å². The Hall–Kier alpha value is -2.15. The van der Waals surface area contributed by atoms with Crippen molar-refractivity contribution in [3.05, 3.63) is 41.0 Å². The third-order valence-electron chi connectivity index (χ3n) is 3.77. The standard InChI is InChI=1S/C18H18ClF3N4O3.HI/c19-13-8-11(18(20,21)22)10-25-16(13)29-7-4-24-17(23)26-12-2-3-14-15(9-12)28-6-1-5-27-14;/h2-3,8-10H,1,4-7H2,(H3,23,24,26);1H. The second kappa shape index (κ2) is 10.8. The molecule has 0 fully saturated rings. The van der Waals surface area contributed by atoms with Gasteiger partial charge in [0.05, 0.1) is 25.3 Å². The summed E-state index contributed by atoms with van der Waals surface area (Å²) in [5.41, 5.74) is 5.56. The van der Waals surface area contributed by atoms with Gasteiger partial charge in [0.15, 0.2) is 17.5 Å². The van der Waals surface area contributed by atoms with Crippen LogP contribution in [-0.4, -0.2) is 37.3 Å². The van der Waals surface area contributed by atoms with Gasteiger partial charge in [-0.15, -0.1) is 24.0 Å². The highest BCUT2D eigenvalue weighted by molar-refractivity contribution is 14.0. The normalized spacial score (nSPS) is 13.8. The Morgan fingerprint density at radius 1 is 1.23 bits per heavy atom. The first-order valence-electron chi connectivity index (χ1n) is 8.65. The predicted molar refractivity (Wildman–Crippen MR) is 117 cm³/mol. The van der Waals surface area contributed by atoms with Gasteiger partial charge < -0.3 is 25.3 Å². The van der Waals surface area contributed by atoms with Crippen molar-refractivity contribution in [2.24, 2.45) is 10.7 Å². The number of hydrogen-bond acceptors (Lipinski definition) is 5. The summed E-state index contributed by atoms with van der Waals surface area (Å²) < 4.78 is 54.2. The van der Waals surface area contributed by atoms with E-state index in [2.05, 4.69) is 15.3 Å². The van der Waals surface area contributed by atoms with Crippen molar-refractivity contribution in [2.45, 2.75) is 12.6 Å². The zero-order valence-electron chi connectivity index (χ0n) is 15.5. The van der Waals surface area contributed by atoms with Gasteiger partial charge in [-0.2, -0.15) is 13.2 Å². The molecule has 30 heavy (non-hydrogen) atoms. The van der Waals surface area contributed by atoms with Gasteiger partial charge in [-0.25, -0.2) is 9.98 Å². The molecule has 12 heteroatoms. The number of aromatic nitrogens is 1. The van der Waals surface area contributed by atoms with Crippen LogP contribution < -0.4 is 25.3 Å². The molecule has 0 aliphatic carbocycles. The van der Waals surface area contributed by atoms with E-state index in [9.17, 15) is 13.2 Å². The molecule has 7 nitrogen and oxygen atoms in total. The van der Waals surface area contributed by atoms with E-state index in [1.165, 1.54) is 0 Å².